The van der Waals surface area contributed by atoms with E-state index < -0.39 is 23.5 Å². The molecule has 2 rings (SSSR count). The van der Waals surface area contributed by atoms with Gasteiger partial charge in [0.2, 0.25) is 0 Å². The second-order valence-electron chi connectivity index (χ2n) is 4.48. The van der Waals surface area contributed by atoms with Crippen molar-refractivity contribution in [3.8, 4) is 0 Å². The molecule has 0 aliphatic carbocycles. The van der Waals surface area contributed by atoms with E-state index in [1.807, 2.05) is 0 Å². The van der Waals surface area contributed by atoms with Crippen molar-refractivity contribution in [2.45, 2.75) is 13.0 Å². The zero-order chi connectivity index (χ0) is 14.9. The van der Waals surface area contributed by atoms with Gasteiger partial charge in [0.25, 0.3) is 0 Å². The molecule has 1 nitrogen and oxygen atoms in total. The van der Waals surface area contributed by atoms with Crippen molar-refractivity contribution in [2.24, 2.45) is 0 Å². The van der Waals surface area contributed by atoms with E-state index in [0.29, 0.717) is 11.1 Å². The first kappa shape index (κ1) is 14.9. The maximum atomic E-state index is 13.9. The molecule has 2 aromatic carbocycles. The van der Waals surface area contributed by atoms with Gasteiger partial charge in [-0.1, -0.05) is 17.7 Å². The van der Waals surface area contributed by atoms with Gasteiger partial charge < -0.3 is 5.32 Å². The molecule has 2 aromatic rings. The van der Waals surface area contributed by atoms with Crippen LogP contribution in [0.15, 0.2) is 30.3 Å². The van der Waals surface area contributed by atoms with E-state index in [9.17, 15) is 13.2 Å². The van der Waals surface area contributed by atoms with Crippen LogP contribution in [0.3, 0.4) is 0 Å². The Kier molecular flexibility index (Phi) is 4.35. The highest BCUT2D eigenvalue weighted by atomic mass is 35.5. The molecule has 0 fully saturated rings. The second kappa shape index (κ2) is 5.85. The fourth-order valence-electron chi connectivity index (χ4n) is 2.14. The number of nitrogens with one attached hydrogen (secondary N) is 1. The van der Waals surface area contributed by atoms with E-state index in [1.54, 1.807) is 14.0 Å². The van der Waals surface area contributed by atoms with Gasteiger partial charge in [0.15, 0.2) is 0 Å². The average Bonchev–Trinajstić information content (AvgIpc) is 2.39. The maximum Gasteiger partial charge on any atom is 0.131 e. The summed E-state index contributed by atoms with van der Waals surface area (Å²) in [5.74, 6) is -1.81. The predicted octanol–water partition coefficient (Wildman–Crippen LogP) is 4.37. The van der Waals surface area contributed by atoms with Crippen LogP contribution < -0.4 is 5.32 Å². The lowest BCUT2D eigenvalue weighted by Gasteiger charge is -2.20. The molecule has 0 saturated carbocycles. The third kappa shape index (κ3) is 2.67. The van der Waals surface area contributed by atoms with Crippen LogP contribution in [0, 0.1) is 24.4 Å². The first-order chi connectivity index (χ1) is 9.45. The van der Waals surface area contributed by atoms with E-state index in [4.69, 9.17) is 11.6 Å². The SMILES string of the molecule is CNC(c1cc(C)c(F)cc1Cl)c1c(F)cccc1F. The maximum absolute atomic E-state index is 13.9. The smallest absolute Gasteiger partial charge is 0.131 e. The molecular weight excluding hydrogens is 287 g/mol. The average molecular weight is 300 g/mol. The largest absolute Gasteiger partial charge is 0.309 e. The Labute approximate surface area is 120 Å². The number of benzene rings is 2. The quantitative estimate of drug-likeness (QED) is 0.887. The van der Waals surface area contributed by atoms with Gasteiger partial charge >= 0.3 is 0 Å². The van der Waals surface area contributed by atoms with Gasteiger partial charge in [-0.15, -0.1) is 0 Å². The lowest BCUT2D eigenvalue weighted by atomic mass is 9.96. The van der Waals surface area contributed by atoms with Gasteiger partial charge in [-0.2, -0.15) is 0 Å². The molecule has 0 saturated heterocycles. The van der Waals surface area contributed by atoms with Gasteiger partial charge in [0.1, 0.15) is 17.5 Å². The van der Waals surface area contributed by atoms with Crippen molar-refractivity contribution >= 4 is 11.6 Å². The van der Waals surface area contributed by atoms with E-state index in [-0.39, 0.29) is 10.6 Å². The van der Waals surface area contributed by atoms with Crippen LogP contribution in [0.1, 0.15) is 22.7 Å². The van der Waals surface area contributed by atoms with Crippen molar-refractivity contribution in [3.63, 3.8) is 0 Å². The minimum Gasteiger partial charge on any atom is -0.309 e. The monoisotopic (exact) mass is 299 g/mol. The van der Waals surface area contributed by atoms with E-state index in [1.165, 1.54) is 24.3 Å². The van der Waals surface area contributed by atoms with Gasteiger partial charge in [-0.3, -0.25) is 0 Å². The third-order valence-electron chi connectivity index (χ3n) is 3.17. The Morgan fingerprint density at radius 2 is 1.65 bits per heavy atom. The molecule has 20 heavy (non-hydrogen) atoms. The highest BCUT2D eigenvalue weighted by molar-refractivity contribution is 6.31. The highest BCUT2D eigenvalue weighted by Gasteiger charge is 2.23. The Balaban J connectivity index is 2.62. The predicted molar refractivity (Wildman–Crippen MR) is 73.4 cm³/mol. The molecule has 0 aromatic heterocycles. The Morgan fingerprint density at radius 1 is 1.05 bits per heavy atom. The minimum absolute atomic E-state index is 0.120. The zero-order valence-corrected chi connectivity index (χ0v) is 11.7. The molecule has 106 valence electrons. The fraction of sp³-hybridized carbons (Fsp3) is 0.200. The Morgan fingerprint density at radius 3 is 2.20 bits per heavy atom. The van der Waals surface area contributed by atoms with Gasteiger partial charge in [-0.25, -0.2) is 13.2 Å². The van der Waals surface area contributed by atoms with Crippen molar-refractivity contribution in [2.75, 3.05) is 7.05 Å². The van der Waals surface area contributed by atoms with Crippen LogP contribution in [0.2, 0.25) is 5.02 Å². The molecule has 1 unspecified atom stereocenters. The first-order valence-corrected chi connectivity index (χ1v) is 6.40. The Bertz CT molecular complexity index is 623. The lowest BCUT2D eigenvalue weighted by Crippen LogP contribution is -2.21. The molecule has 5 heteroatoms. The summed E-state index contributed by atoms with van der Waals surface area (Å²) in [5, 5.41) is 2.94. The summed E-state index contributed by atoms with van der Waals surface area (Å²) in [4.78, 5) is 0. The van der Waals surface area contributed by atoms with Crippen LogP contribution in [0.5, 0.6) is 0 Å². The summed E-state index contributed by atoms with van der Waals surface area (Å²) in [6, 6.07) is 5.49. The topological polar surface area (TPSA) is 12.0 Å². The molecule has 0 heterocycles. The van der Waals surface area contributed by atoms with Crippen molar-refractivity contribution in [1.82, 2.24) is 5.32 Å². The molecule has 0 amide bonds. The van der Waals surface area contributed by atoms with Crippen molar-refractivity contribution in [1.29, 1.82) is 0 Å². The number of hydrogen-bond donors (Lipinski definition) is 1. The molecule has 0 aliphatic rings. The number of aryl methyl sites for hydroxylation is 1. The summed E-state index contributed by atoms with van der Waals surface area (Å²) < 4.78 is 41.2. The molecule has 0 radical (unpaired) electrons. The standard InChI is InChI=1S/C15H13ClF3N/c1-8-6-9(10(16)7-13(8)19)15(20-2)14-11(17)4-3-5-12(14)18/h3-7,15,20H,1-2H3. The molecule has 0 bridgehead atoms. The fourth-order valence-corrected chi connectivity index (χ4v) is 2.40. The number of halogens is 4. The second-order valence-corrected chi connectivity index (χ2v) is 4.89. The van der Waals surface area contributed by atoms with E-state index >= 15 is 0 Å². The molecule has 0 aliphatic heterocycles. The van der Waals surface area contributed by atoms with Crippen LogP contribution in [-0.2, 0) is 0 Å². The zero-order valence-electron chi connectivity index (χ0n) is 11.0. The van der Waals surface area contributed by atoms with Gasteiger partial charge in [-0.05, 0) is 49.4 Å². The van der Waals surface area contributed by atoms with Crippen LogP contribution in [0.25, 0.3) is 0 Å². The summed E-state index contributed by atoms with van der Waals surface area (Å²) in [7, 11) is 1.56. The van der Waals surface area contributed by atoms with Crippen LogP contribution in [-0.4, -0.2) is 7.05 Å². The number of rotatable bonds is 3. The lowest BCUT2D eigenvalue weighted by molar-refractivity contribution is 0.521. The molecule has 1 atom stereocenters. The van der Waals surface area contributed by atoms with Gasteiger partial charge in [0, 0.05) is 10.6 Å². The van der Waals surface area contributed by atoms with E-state index in [0.717, 1.165) is 6.07 Å². The van der Waals surface area contributed by atoms with Crippen molar-refractivity contribution in [3.05, 3.63) is 69.5 Å². The van der Waals surface area contributed by atoms with Crippen LogP contribution in [0.4, 0.5) is 13.2 Å². The van der Waals surface area contributed by atoms with E-state index in [2.05, 4.69) is 5.32 Å². The molecular formula is C15H13ClF3N. The first-order valence-electron chi connectivity index (χ1n) is 6.02. The van der Waals surface area contributed by atoms with Crippen LogP contribution >= 0.6 is 11.6 Å². The number of hydrogen-bond acceptors (Lipinski definition) is 1. The summed E-state index contributed by atoms with van der Waals surface area (Å²) >= 11 is 6.00. The van der Waals surface area contributed by atoms with Gasteiger partial charge in [0.05, 0.1) is 6.04 Å². The Hall–Kier alpha value is -1.52. The minimum atomic E-state index is -0.789. The summed E-state index contributed by atoms with van der Waals surface area (Å²) in [6.45, 7) is 1.57. The summed E-state index contributed by atoms with van der Waals surface area (Å²) in [6.07, 6.45) is 0. The van der Waals surface area contributed by atoms with Crippen molar-refractivity contribution < 1.29 is 13.2 Å². The highest BCUT2D eigenvalue weighted by Crippen LogP contribution is 2.32. The normalized spacial score (nSPS) is 12.5. The summed E-state index contributed by atoms with van der Waals surface area (Å²) in [5.41, 5.74) is 0.654. The third-order valence-corrected chi connectivity index (χ3v) is 3.49. The molecule has 0 spiro atoms. The molecule has 1 N–H and O–H groups in total.